The molecule has 0 aliphatic rings. The second kappa shape index (κ2) is 13.2. The number of nitrogens with zero attached hydrogens (tertiary/aromatic N) is 2. The lowest BCUT2D eigenvalue weighted by Gasteiger charge is -2.25. The highest BCUT2D eigenvalue weighted by Crippen LogP contribution is 2.39. The van der Waals surface area contributed by atoms with E-state index in [9.17, 15) is 22.3 Å². The van der Waals surface area contributed by atoms with Gasteiger partial charge in [0.25, 0.3) is 5.56 Å². The number of hydrogen-bond donors (Lipinski definition) is 0. The number of halogens is 3. The lowest BCUT2D eigenvalue weighted by Crippen LogP contribution is -2.27. The molecule has 3 aromatic carbocycles. The fourth-order valence-electron chi connectivity index (χ4n) is 4.08. The van der Waals surface area contributed by atoms with Gasteiger partial charge in [0.2, 0.25) is 0 Å². The summed E-state index contributed by atoms with van der Waals surface area (Å²) in [6, 6.07) is 16.4. The zero-order valence-electron chi connectivity index (χ0n) is 21.7. The molecule has 4 aromatic rings. The third-order valence-corrected chi connectivity index (χ3v) is 7.21. The largest absolute Gasteiger partial charge is 0.760 e. The van der Waals surface area contributed by atoms with Gasteiger partial charge in [-0.2, -0.15) is 0 Å². The Bertz CT molecular complexity index is 1600. The molecule has 7 nitrogen and oxygen atoms in total. The normalized spacial score (nSPS) is 12.0. The maximum Gasteiger partial charge on any atom is 0.254 e. The summed E-state index contributed by atoms with van der Waals surface area (Å²) in [6.07, 6.45) is 1.91. The molecular formula is C29H26ClF2N2O5S-. The molecule has 11 heteroatoms. The summed E-state index contributed by atoms with van der Waals surface area (Å²) < 4.78 is 66.1. The maximum atomic E-state index is 14.5. The van der Waals surface area contributed by atoms with Crippen LogP contribution in [0.3, 0.4) is 0 Å². The summed E-state index contributed by atoms with van der Waals surface area (Å²) in [5.41, 5.74) is 2.10. The van der Waals surface area contributed by atoms with Crippen LogP contribution in [-0.2, 0) is 31.3 Å². The van der Waals surface area contributed by atoms with Crippen LogP contribution in [0.2, 0.25) is 5.02 Å². The highest BCUT2D eigenvalue weighted by Gasteiger charge is 2.18. The van der Waals surface area contributed by atoms with E-state index in [4.69, 9.17) is 21.1 Å². The monoisotopic (exact) mass is 587 g/mol. The van der Waals surface area contributed by atoms with Crippen LogP contribution < -0.4 is 15.0 Å². The van der Waals surface area contributed by atoms with Gasteiger partial charge >= 0.3 is 0 Å². The lowest BCUT2D eigenvalue weighted by molar-refractivity contribution is 0.340. The molecule has 0 radical (unpaired) electrons. The van der Waals surface area contributed by atoms with Gasteiger partial charge in [0.05, 0.1) is 6.61 Å². The number of aryl methyl sites for hydroxylation is 1. The summed E-state index contributed by atoms with van der Waals surface area (Å²) in [5, 5.41) is 0.466. The number of rotatable bonds is 11. The van der Waals surface area contributed by atoms with Crippen LogP contribution in [0.1, 0.15) is 18.1 Å². The Labute approximate surface area is 238 Å². The molecule has 0 saturated carbocycles. The fourth-order valence-corrected chi connectivity index (χ4v) is 4.76. The minimum absolute atomic E-state index is 0.100. The molecule has 1 aromatic heterocycles. The predicted octanol–water partition coefficient (Wildman–Crippen LogP) is 6.01. The summed E-state index contributed by atoms with van der Waals surface area (Å²) in [6.45, 7) is 2.32. The average molecular weight is 588 g/mol. The van der Waals surface area contributed by atoms with E-state index >= 15 is 0 Å². The third-order valence-electron chi connectivity index (χ3n) is 6.10. The van der Waals surface area contributed by atoms with E-state index in [0.29, 0.717) is 33.9 Å². The van der Waals surface area contributed by atoms with Crippen molar-refractivity contribution in [3.63, 3.8) is 0 Å². The van der Waals surface area contributed by atoms with Crippen LogP contribution in [0.15, 0.2) is 77.7 Å². The molecule has 4 rings (SSSR count). The van der Waals surface area contributed by atoms with E-state index in [1.165, 1.54) is 21.0 Å². The van der Waals surface area contributed by atoms with E-state index < -0.39 is 22.9 Å². The summed E-state index contributed by atoms with van der Waals surface area (Å²) >= 11 is 3.72. The van der Waals surface area contributed by atoms with Crippen molar-refractivity contribution < 1.29 is 27.0 Å². The molecular weight excluding hydrogens is 562 g/mol. The predicted molar refractivity (Wildman–Crippen MR) is 149 cm³/mol. The van der Waals surface area contributed by atoms with Crippen molar-refractivity contribution in [3.05, 3.63) is 111 Å². The third kappa shape index (κ3) is 7.14. The van der Waals surface area contributed by atoms with Crippen molar-refractivity contribution >= 4 is 22.9 Å². The van der Waals surface area contributed by atoms with Crippen molar-refractivity contribution in [2.75, 3.05) is 13.2 Å². The molecule has 210 valence electrons. The molecule has 0 aliphatic carbocycles. The maximum absolute atomic E-state index is 14.5. The quantitative estimate of drug-likeness (QED) is 0.201. The first-order chi connectivity index (χ1) is 19.2. The Morgan fingerprint density at radius 2 is 1.75 bits per heavy atom. The van der Waals surface area contributed by atoms with Crippen LogP contribution in [0.4, 0.5) is 8.78 Å². The van der Waals surface area contributed by atoms with Gasteiger partial charge in [-0.15, -0.1) is 0 Å². The van der Waals surface area contributed by atoms with Crippen LogP contribution in [0.25, 0.3) is 11.1 Å². The van der Waals surface area contributed by atoms with Gasteiger partial charge in [-0.05, 0) is 54.8 Å². The number of ether oxygens (including phenoxy) is 2. The topological polar surface area (TPSA) is 83.8 Å². The summed E-state index contributed by atoms with van der Waals surface area (Å²) in [4.78, 5) is 12.3. The number of aromatic nitrogens is 1. The highest BCUT2D eigenvalue weighted by atomic mass is 35.5. The lowest BCUT2D eigenvalue weighted by atomic mass is 10.0. The Kier molecular flexibility index (Phi) is 9.70. The van der Waals surface area contributed by atoms with Crippen molar-refractivity contribution in [3.8, 4) is 28.4 Å². The van der Waals surface area contributed by atoms with Crippen LogP contribution in [0, 0.1) is 11.6 Å². The van der Waals surface area contributed by atoms with E-state index in [-0.39, 0.29) is 36.8 Å². The second-order valence-electron chi connectivity index (χ2n) is 8.86. The first-order valence-electron chi connectivity index (χ1n) is 12.3. The van der Waals surface area contributed by atoms with E-state index in [1.54, 1.807) is 62.6 Å². The molecule has 1 unspecified atom stereocenters. The smallest absolute Gasteiger partial charge is 0.254 e. The fraction of sp³-hybridized carbons (Fsp3) is 0.207. The SMILES string of the molecule is CCOc1cc(=O)n(C)cc1-c1cc(CCN(Cc2ccccc2Cl)S(=O)[O-])ccc1Oc1ccc(F)cc1F. The number of hydrogen-bond acceptors (Lipinski definition) is 5. The van der Waals surface area contributed by atoms with Gasteiger partial charge in [0.15, 0.2) is 11.6 Å². The van der Waals surface area contributed by atoms with Gasteiger partial charge in [-0.3, -0.25) is 9.00 Å². The van der Waals surface area contributed by atoms with Crippen molar-refractivity contribution in [2.24, 2.45) is 7.05 Å². The Balaban J connectivity index is 1.71. The van der Waals surface area contributed by atoms with Crippen molar-refractivity contribution in [1.82, 2.24) is 8.87 Å². The second-order valence-corrected chi connectivity index (χ2v) is 10.2. The minimum Gasteiger partial charge on any atom is -0.760 e. The van der Waals surface area contributed by atoms with Gasteiger partial charge in [-0.25, -0.2) is 13.1 Å². The van der Waals surface area contributed by atoms with Gasteiger partial charge < -0.3 is 18.6 Å². The molecule has 0 aliphatic heterocycles. The summed E-state index contributed by atoms with van der Waals surface area (Å²) in [7, 11) is 1.59. The molecule has 0 N–H and O–H groups in total. The van der Waals surface area contributed by atoms with Gasteiger partial charge in [0.1, 0.15) is 17.3 Å². The van der Waals surface area contributed by atoms with Crippen LogP contribution in [-0.4, -0.2) is 30.8 Å². The Hall–Kier alpha value is -3.57. The molecule has 40 heavy (non-hydrogen) atoms. The average Bonchev–Trinajstić information content (AvgIpc) is 2.91. The van der Waals surface area contributed by atoms with E-state index in [2.05, 4.69) is 0 Å². The first-order valence-corrected chi connectivity index (χ1v) is 13.7. The van der Waals surface area contributed by atoms with E-state index in [1.807, 2.05) is 0 Å². The van der Waals surface area contributed by atoms with Crippen molar-refractivity contribution in [2.45, 2.75) is 19.9 Å². The molecule has 1 atom stereocenters. The van der Waals surface area contributed by atoms with Crippen LogP contribution >= 0.6 is 11.6 Å². The highest BCUT2D eigenvalue weighted by molar-refractivity contribution is 7.76. The van der Waals surface area contributed by atoms with E-state index in [0.717, 1.165) is 17.7 Å². The molecule has 1 heterocycles. The molecule has 0 fully saturated rings. The molecule has 0 saturated heterocycles. The summed E-state index contributed by atoms with van der Waals surface area (Å²) in [5.74, 6) is -1.28. The molecule has 0 amide bonds. The van der Waals surface area contributed by atoms with Crippen molar-refractivity contribution in [1.29, 1.82) is 0 Å². The Morgan fingerprint density at radius 1 is 1.00 bits per heavy atom. The van der Waals surface area contributed by atoms with Gasteiger partial charge in [0, 0.05) is 65.9 Å². The van der Waals surface area contributed by atoms with Gasteiger partial charge in [-0.1, -0.05) is 35.9 Å². The number of pyridine rings is 1. The zero-order chi connectivity index (χ0) is 28.8. The minimum atomic E-state index is -2.51. The molecule has 0 spiro atoms. The Morgan fingerprint density at radius 3 is 2.45 bits per heavy atom. The number of benzene rings is 3. The molecule has 0 bridgehead atoms. The zero-order valence-corrected chi connectivity index (χ0v) is 23.3. The van der Waals surface area contributed by atoms with Crippen LogP contribution in [0.5, 0.6) is 17.2 Å². The standard InChI is InChI=1S/C29H27ClF2N2O5S/c1-3-38-28-16-29(35)33(2)18-23(28)22-14-19(8-10-26(22)39-27-11-9-21(31)15-25(27)32)12-13-34(40(36)37)17-20-6-4-5-7-24(20)30/h4-11,14-16,18H,3,12-13,17H2,1-2H3,(H,36,37)/p-1. The first kappa shape index (κ1) is 29.4.